The first-order valence-electron chi connectivity index (χ1n) is 14.5. The van der Waals surface area contributed by atoms with Crippen molar-refractivity contribution in [2.75, 3.05) is 0 Å². The smallest absolute Gasteiger partial charge is 0.198 e. The van der Waals surface area contributed by atoms with Crippen LogP contribution in [0.3, 0.4) is 0 Å². The number of aryl methyl sites for hydroxylation is 1. The summed E-state index contributed by atoms with van der Waals surface area (Å²) in [4.78, 5) is 0. The topological polar surface area (TPSA) is 7.76 Å². The van der Waals surface area contributed by atoms with Crippen molar-refractivity contribution in [2.24, 2.45) is 0 Å². The molecule has 3 aromatic carbocycles. The van der Waals surface area contributed by atoms with Crippen molar-refractivity contribution in [1.29, 1.82) is 0 Å². The lowest BCUT2D eigenvalue weighted by atomic mass is 9.62. The third-order valence-electron chi connectivity index (χ3n) is 9.60. The van der Waals surface area contributed by atoms with E-state index in [0.29, 0.717) is 11.8 Å². The normalized spacial score (nSPS) is 18.4. The fourth-order valence-electron chi connectivity index (χ4n) is 7.75. The Morgan fingerprint density at radius 1 is 0.692 bits per heavy atom. The number of aromatic nitrogens is 2. The van der Waals surface area contributed by atoms with E-state index in [9.17, 15) is 0 Å². The van der Waals surface area contributed by atoms with Gasteiger partial charge in [0.15, 0.2) is 24.5 Å². The highest BCUT2D eigenvalue weighted by molar-refractivity contribution is 5.72. The molecule has 0 amide bonds. The quantitative estimate of drug-likeness (QED) is 0.217. The van der Waals surface area contributed by atoms with Crippen molar-refractivity contribution in [3.05, 3.63) is 132 Å². The molecule has 0 N–H and O–H groups in total. The van der Waals surface area contributed by atoms with Crippen molar-refractivity contribution in [3.63, 3.8) is 0 Å². The second-order valence-electron chi connectivity index (χ2n) is 11.3. The zero-order valence-electron chi connectivity index (χ0n) is 23.1. The van der Waals surface area contributed by atoms with Crippen LogP contribution in [-0.4, -0.2) is 0 Å². The zero-order valence-corrected chi connectivity index (χ0v) is 23.1. The Bertz CT molecular complexity index is 1680. The van der Waals surface area contributed by atoms with Gasteiger partial charge in [-0.1, -0.05) is 80.6 Å². The summed E-state index contributed by atoms with van der Waals surface area (Å²) in [5.41, 5.74) is 12.3. The molecule has 2 heteroatoms. The Morgan fingerprint density at radius 3 is 2.15 bits per heavy atom. The van der Waals surface area contributed by atoms with E-state index in [-0.39, 0.29) is 5.54 Å². The van der Waals surface area contributed by atoms with Gasteiger partial charge in [0.1, 0.15) is 0 Å². The van der Waals surface area contributed by atoms with Gasteiger partial charge in [0.05, 0.1) is 17.4 Å². The molecule has 0 radical (unpaired) electrons. The van der Waals surface area contributed by atoms with Crippen molar-refractivity contribution >= 4 is 0 Å². The van der Waals surface area contributed by atoms with Crippen LogP contribution in [0.2, 0.25) is 0 Å². The molecule has 39 heavy (non-hydrogen) atoms. The van der Waals surface area contributed by atoms with E-state index in [4.69, 9.17) is 0 Å². The molecule has 0 saturated carbocycles. The number of pyridine rings is 2. The van der Waals surface area contributed by atoms with Crippen LogP contribution in [0.25, 0.3) is 33.6 Å². The molecular weight excluding hydrogens is 472 g/mol. The van der Waals surface area contributed by atoms with Gasteiger partial charge in [-0.2, -0.15) is 9.13 Å². The Balaban J connectivity index is 1.45. The van der Waals surface area contributed by atoms with Gasteiger partial charge in [0, 0.05) is 42.2 Å². The van der Waals surface area contributed by atoms with Crippen LogP contribution in [0.1, 0.15) is 55.2 Å². The van der Waals surface area contributed by atoms with Gasteiger partial charge >= 0.3 is 0 Å². The Morgan fingerprint density at radius 2 is 1.38 bits per heavy atom. The van der Waals surface area contributed by atoms with Gasteiger partial charge in [-0.3, -0.25) is 0 Å². The maximum absolute atomic E-state index is 2.65. The summed E-state index contributed by atoms with van der Waals surface area (Å²) in [6.07, 6.45) is 6.85. The highest BCUT2D eigenvalue weighted by Gasteiger charge is 2.56. The van der Waals surface area contributed by atoms with Crippen LogP contribution >= 0.6 is 0 Å². The lowest BCUT2D eigenvalue weighted by molar-refractivity contribution is -0.766. The van der Waals surface area contributed by atoms with E-state index in [1.54, 1.807) is 0 Å². The molecule has 2 aliphatic heterocycles. The summed E-state index contributed by atoms with van der Waals surface area (Å²) in [7, 11) is 0. The Kier molecular flexibility index (Phi) is 5.74. The molecule has 0 aliphatic carbocycles. The fourth-order valence-corrected chi connectivity index (χ4v) is 7.75. The van der Waals surface area contributed by atoms with Gasteiger partial charge in [0.2, 0.25) is 11.4 Å². The van der Waals surface area contributed by atoms with Crippen molar-refractivity contribution in [1.82, 2.24) is 0 Å². The molecule has 2 nitrogen and oxygen atoms in total. The van der Waals surface area contributed by atoms with Gasteiger partial charge in [-0.15, -0.1) is 0 Å². The largest absolute Gasteiger partial charge is 0.216 e. The lowest BCUT2D eigenvalue weighted by Crippen LogP contribution is -2.64. The van der Waals surface area contributed by atoms with E-state index in [0.717, 1.165) is 19.4 Å². The molecule has 0 saturated heterocycles. The predicted molar refractivity (Wildman–Crippen MR) is 158 cm³/mol. The van der Waals surface area contributed by atoms with Crippen LogP contribution < -0.4 is 9.13 Å². The van der Waals surface area contributed by atoms with Crippen molar-refractivity contribution < 1.29 is 9.13 Å². The fraction of sp³-hybridized carbons (Fsp3) is 0.243. The molecule has 0 bridgehead atoms. The minimum atomic E-state index is -0.00444. The summed E-state index contributed by atoms with van der Waals surface area (Å²) in [6, 6.07) is 38.3. The first-order chi connectivity index (χ1) is 19.2. The maximum atomic E-state index is 2.65. The molecular formula is C37H36N2+2. The number of hydrogen-bond donors (Lipinski definition) is 0. The number of benzene rings is 3. The summed E-state index contributed by atoms with van der Waals surface area (Å²) in [5, 5.41) is 0. The first-order valence-corrected chi connectivity index (χ1v) is 14.5. The molecule has 0 spiro atoms. The summed E-state index contributed by atoms with van der Waals surface area (Å²) in [6.45, 7) is 8.03. The molecule has 4 heterocycles. The minimum Gasteiger partial charge on any atom is -0.198 e. The third kappa shape index (κ3) is 3.54. The number of nitrogens with zero attached hydrogens (tertiary/aromatic N) is 2. The van der Waals surface area contributed by atoms with Gasteiger partial charge in [0.25, 0.3) is 0 Å². The highest BCUT2D eigenvalue weighted by atomic mass is 15.1. The highest BCUT2D eigenvalue weighted by Crippen LogP contribution is 2.54. The second kappa shape index (κ2) is 9.31. The van der Waals surface area contributed by atoms with Crippen LogP contribution in [0, 0.1) is 6.92 Å². The zero-order chi connectivity index (χ0) is 26.6. The van der Waals surface area contributed by atoms with Crippen molar-refractivity contribution in [3.8, 4) is 33.6 Å². The molecule has 2 unspecified atom stereocenters. The van der Waals surface area contributed by atoms with E-state index < -0.39 is 0 Å². The lowest BCUT2D eigenvalue weighted by Gasteiger charge is -2.44. The van der Waals surface area contributed by atoms with Gasteiger partial charge < -0.3 is 0 Å². The van der Waals surface area contributed by atoms with E-state index in [1.165, 1.54) is 50.3 Å². The molecule has 5 aromatic rings. The standard InChI is InChI=1S/C37H36N2/c1-4-37(5-2)35(31-19-11-12-20-32(31)36-26(3)14-13-22-39(36)37)33-25-38-23-21-28(27-15-7-6-8-16-27)24-34(38)30-18-10-9-17-29(30)33/h6-24,33,35H,4-5,25H2,1-3H3/q+2. The third-order valence-corrected chi connectivity index (χ3v) is 9.60. The monoisotopic (exact) mass is 508 g/mol. The summed E-state index contributed by atoms with van der Waals surface area (Å²) >= 11 is 0. The van der Waals surface area contributed by atoms with Crippen molar-refractivity contribution in [2.45, 2.75) is 57.5 Å². The Hall–Kier alpha value is -4.04. The van der Waals surface area contributed by atoms with Crippen LogP contribution in [-0.2, 0) is 12.1 Å². The maximum Gasteiger partial charge on any atom is 0.216 e. The van der Waals surface area contributed by atoms with E-state index in [2.05, 4.69) is 145 Å². The molecule has 192 valence electrons. The van der Waals surface area contributed by atoms with Gasteiger partial charge in [-0.05, 0) is 47.4 Å². The molecule has 2 aliphatic rings. The number of hydrogen-bond acceptors (Lipinski definition) is 0. The first kappa shape index (κ1) is 24.0. The average molecular weight is 509 g/mol. The Labute approximate surface area is 232 Å². The summed E-state index contributed by atoms with van der Waals surface area (Å²) in [5.74, 6) is 0.724. The van der Waals surface area contributed by atoms with Gasteiger partial charge in [-0.25, -0.2) is 0 Å². The van der Waals surface area contributed by atoms with Crippen LogP contribution in [0.5, 0.6) is 0 Å². The van der Waals surface area contributed by atoms with E-state index in [1.807, 2.05) is 0 Å². The number of rotatable bonds is 4. The molecule has 2 atom stereocenters. The molecule has 2 aromatic heterocycles. The second-order valence-corrected chi connectivity index (χ2v) is 11.3. The van der Waals surface area contributed by atoms with E-state index >= 15 is 0 Å². The molecule has 7 rings (SSSR count). The average Bonchev–Trinajstić information content (AvgIpc) is 3.00. The minimum absolute atomic E-state index is 0.00444. The van der Waals surface area contributed by atoms with Crippen LogP contribution in [0.4, 0.5) is 0 Å². The number of fused-ring (bicyclic) bond motifs is 6. The SMILES string of the molecule is CCC1(CC)C(C2C[n+]3ccc(-c4ccccc4)cc3-c3ccccc32)c2ccccc2-c2c(C)ccc[n+]21. The van der Waals surface area contributed by atoms with Crippen LogP contribution in [0.15, 0.2) is 116 Å². The predicted octanol–water partition coefficient (Wildman–Crippen LogP) is 7.98. The summed E-state index contributed by atoms with van der Waals surface area (Å²) < 4.78 is 5.16. The molecule has 0 fully saturated rings.